The van der Waals surface area contributed by atoms with Crippen LogP contribution in [-0.4, -0.2) is 23.1 Å². The van der Waals surface area contributed by atoms with Gasteiger partial charge in [0.15, 0.2) is 0 Å². The summed E-state index contributed by atoms with van der Waals surface area (Å²) in [7, 11) is -1.21. The van der Waals surface area contributed by atoms with Gasteiger partial charge in [0.05, 0.1) is 0 Å². The number of allylic oxidation sites excluding steroid dienone is 1. The SMILES string of the molecule is C=CC[PH](C1CCCCC1)(C1CCCCC1)C1CCCCC1.[CH3][Pd]. The van der Waals surface area contributed by atoms with Crippen molar-refractivity contribution in [2.45, 2.75) is 119 Å². The van der Waals surface area contributed by atoms with Gasteiger partial charge in [-0.15, -0.1) is 0 Å². The van der Waals surface area contributed by atoms with Gasteiger partial charge in [-0.1, -0.05) is 0 Å². The second kappa shape index (κ2) is 11.5. The number of hydrogen-bond donors (Lipinski definition) is 0. The summed E-state index contributed by atoms with van der Waals surface area (Å²) >= 11 is 2.75. The first kappa shape index (κ1) is 21.1. The van der Waals surface area contributed by atoms with Gasteiger partial charge in [0.25, 0.3) is 0 Å². The van der Waals surface area contributed by atoms with E-state index < -0.39 is 7.26 Å². The molecule has 0 heterocycles. The van der Waals surface area contributed by atoms with Crippen molar-refractivity contribution in [2.75, 3.05) is 6.16 Å². The van der Waals surface area contributed by atoms with Crippen molar-refractivity contribution >= 4 is 7.26 Å². The Morgan fingerprint density at radius 2 is 0.958 bits per heavy atom. The van der Waals surface area contributed by atoms with Gasteiger partial charge in [-0.2, -0.15) is 0 Å². The molecule has 0 spiro atoms. The molecule has 0 aromatic rings. The predicted molar refractivity (Wildman–Crippen MR) is 110 cm³/mol. The van der Waals surface area contributed by atoms with E-state index in [1.54, 1.807) is 38.5 Å². The molecule has 0 amide bonds. The van der Waals surface area contributed by atoms with E-state index in [0.717, 1.165) is 17.0 Å². The van der Waals surface area contributed by atoms with Crippen molar-refractivity contribution in [3.05, 3.63) is 12.7 Å². The van der Waals surface area contributed by atoms with Gasteiger partial charge in [-0.25, -0.2) is 0 Å². The average Bonchev–Trinajstić information content (AvgIpc) is 2.70. The third-order valence-electron chi connectivity index (χ3n) is 7.59. The Kier molecular flexibility index (Phi) is 10.2. The Balaban J connectivity index is 0.00000100. The zero-order valence-electron chi connectivity index (χ0n) is 16.1. The van der Waals surface area contributed by atoms with E-state index in [2.05, 4.69) is 31.9 Å². The summed E-state index contributed by atoms with van der Waals surface area (Å²) in [6, 6.07) is 0. The molecule has 0 unspecified atom stereocenters. The second-order valence-corrected chi connectivity index (χ2v) is 13.7. The van der Waals surface area contributed by atoms with E-state index in [-0.39, 0.29) is 0 Å². The van der Waals surface area contributed by atoms with Crippen molar-refractivity contribution in [3.63, 3.8) is 0 Å². The summed E-state index contributed by atoms with van der Waals surface area (Å²) in [5.74, 6) is 0. The molecule has 3 aliphatic rings. The molecule has 0 aromatic heterocycles. The van der Waals surface area contributed by atoms with Gasteiger partial charge in [0.2, 0.25) is 0 Å². The van der Waals surface area contributed by atoms with Crippen LogP contribution in [0.15, 0.2) is 12.7 Å². The van der Waals surface area contributed by atoms with Gasteiger partial charge in [-0.05, 0) is 0 Å². The summed E-state index contributed by atoms with van der Waals surface area (Å²) < 4.78 is 0. The molecule has 0 bridgehead atoms. The summed E-state index contributed by atoms with van der Waals surface area (Å²) in [6.45, 7) is 4.26. The molecule has 3 aliphatic carbocycles. The van der Waals surface area contributed by atoms with Crippen molar-refractivity contribution in [1.29, 1.82) is 0 Å². The summed E-state index contributed by atoms with van der Waals surface area (Å²) in [4.78, 5) is 0. The van der Waals surface area contributed by atoms with Crippen LogP contribution in [0.4, 0.5) is 0 Å². The van der Waals surface area contributed by atoms with Crippen LogP contribution in [0.2, 0.25) is 5.40 Å². The third kappa shape index (κ3) is 4.96. The quantitative estimate of drug-likeness (QED) is 0.234. The van der Waals surface area contributed by atoms with Crippen LogP contribution in [0.5, 0.6) is 0 Å². The van der Waals surface area contributed by atoms with Crippen LogP contribution in [0.1, 0.15) is 96.3 Å². The van der Waals surface area contributed by atoms with Crippen molar-refractivity contribution in [2.24, 2.45) is 0 Å². The predicted octanol–water partition coefficient (Wildman–Crippen LogP) is 7.50. The fourth-order valence-electron chi connectivity index (χ4n) is 6.67. The van der Waals surface area contributed by atoms with E-state index in [4.69, 9.17) is 0 Å². The normalized spacial score (nSPS) is 25.6. The van der Waals surface area contributed by atoms with E-state index in [9.17, 15) is 0 Å². The number of rotatable bonds is 5. The molecule has 0 radical (unpaired) electrons. The molecule has 24 heavy (non-hydrogen) atoms. The Morgan fingerprint density at radius 3 is 1.21 bits per heavy atom. The van der Waals surface area contributed by atoms with Crippen molar-refractivity contribution < 1.29 is 19.2 Å². The van der Waals surface area contributed by atoms with Gasteiger partial charge in [0.1, 0.15) is 0 Å². The maximum absolute atomic E-state index is 4.26. The molecule has 2 heteroatoms. The Morgan fingerprint density at radius 1 is 0.667 bits per heavy atom. The summed E-state index contributed by atoms with van der Waals surface area (Å²) in [6.07, 6.45) is 27.2. The zero-order valence-corrected chi connectivity index (χ0v) is 18.7. The summed E-state index contributed by atoms with van der Waals surface area (Å²) in [5.41, 5.74) is 3.47. The van der Waals surface area contributed by atoms with E-state index in [1.807, 2.05) is 5.40 Å². The first-order valence-corrected chi connectivity index (χ1v) is 14.8. The topological polar surface area (TPSA) is 0 Å². The third-order valence-corrected chi connectivity index (χ3v) is 14.9. The first-order valence-electron chi connectivity index (χ1n) is 10.8. The standard InChI is InChI=1S/C21H39P.CH3.Pd/c1-2-18-22(19-12-6-3-7-13-19,20-14-8-4-9-15-20)21-16-10-5-11-17-21;;/h2,19-22H,1,3-18H2;1H3;. The molecule has 0 nitrogen and oxygen atoms in total. The van der Waals surface area contributed by atoms with Crippen LogP contribution in [0.25, 0.3) is 0 Å². The van der Waals surface area contributed by atoms with Crippen LogP contribution in [0.3, 0.4) is 0 Å². The molecular weight excluding hydrogens is 402 g/mol. The van der Waals surface area contributed by atoms with Crippen LogP contribution < -0.4 is 0 Å². The minimum absolute atomic E-state index is 1.16. The van der Waals surface area contributed by atoms with Gasteiger partial charge >= 0.3 is 164 Å². The Labute approximate surface area is 163 Å². The van der Waals surface area contributed by atoms with E-state index in [0.29, 0.717) is 0 Å². The van der Waals surface area contributed by atoms with Crippen LogP contribution in [-0.2, 0) is 19.2 Å². The average molecular weight is 444 g/mol. The van der Waals surface area contributed by atoms with Crippen LogP contribution >= 0.6 is 7.26 Å². The molecule has 3 saturated carbocycles. The van der Waals surface area contributed by atoms with Crippen LogP contribution in [0, 0.1) is 0 Å². The molecule has 145 valence electrons. The Bertz CT molecular complexity index is 290. The van der Waals surface area contributed by atoms with Gasteiger partial charge < -0.3 is 0 Å². The second-order valence-electron chi connectivity index (χ2n) is 8.61. The minimum atomic E-state index is -1.21. The Hall–Kier alpha value is 0.832. The molecule has 3 fully saturated rings. The first-order chi connectivity index (χ1) is 11.9. The molecule has 0 N–H and O–H groups in total. The molecule has 0 atom stereocenters. The number of hydrogen-bond acceptors (Lipinski definition) is 0. The van der Waals surface area contributed by atoms with E-state index in [1.165, 1.54) is 63.9 Å². The monoisotopic (exact) mass is 443 g/mol. The van der Waals surface area contributed by atoms with Gasteiger partial charge in [-0.3, -0.25) is 0 Å². The molecule has 3 rings (SSSR count). The molecule has 0 aromatic carbocycles. The molecular formula is C22H42PPd. The van der Waals surface area contributed by atoms with Gasteiger partial charge in [0, 0.05) is 0 Å². The summed E-state index contributed by atoms with van der Waals surface area (Å²) in [5, 5.41) is 1.85. The maximum atomic E-state index is 4.26. The molecule has 0 saturated heterocycles. The zero-order chi connectivity index (χ0) is 17.3. The fraction of sp³-hybridized carbons (Fsp3) is 0.909. The van der Waals surface area contributed by atoms with E-state index >= 15 is 0 Å². The molecule has 0 aliphatic heterocycles. The fourth-order valence-corrected chi connectivity index (χ4v) is 14.6. The van der Waals surface area contributed by atoms with Crippen molar-refractivity contribution in [3.8, 4) is 0 Å². The van der Waals surface area contributed by atoms with Crippen molar-refractivity contribution in [1.82, 2.24) is 0 Å².